The van der Waals surface area contributed by atoms with Gasteiger partial charge in [-0.2, -0.15) is 0 Å². The molecular weight excluding hydrogens is 239 g/mol. The first-order chi connectivity index (χ1) is 8.89. The molecule has 2 heterocycles. The summed E-state index contributed by atoms with van der Waals surface area (Å²) in [6.45, 7) is 9.09. The van der Waals surface area contributed by atoms with Gasteiger partial charge in [-0.1, -0.05) is 12.1 Å². The Morgan fingerprint density at radius 3 is 2.42 bits per heavy atom. The number of rotatable bonds is 1. The molecule has 1 aromatic rings. The Bertz CT molecular complexity index is 480. The molecule has 2 aliphatic heterocycles. The van der Waals surface area contributed by atoms with Crippen LogP contribution in [0.15, 0.2) is 18.2 Å². The number of benzene rings is 1. The van der Waals surface area contributed by atoms with Gasteiger partial charge in [-0.25, -0.2) is 0 Å². The molecule has 0 saturated carbocycles. The van der Waals surface area contributed by atoms with Crippen LogP contribution in [0.2, 0.25) is 0 Å². The fraction of sp³-hybridized carbons (Fsp3) is 0.600. The number of aryl methyl sites for hydroxylation is 1. The minimum atomic E-state index is -0.305. The van der Waals surface area contributed by atoms with Crippen LogP contribution in [0.5, 0.6) is 5.75 Å². The molecule has 4 heteroatoms. The first-order valence-corrected chi connectivity index (χ1v) is 7.00. The second kappa shape index (κ2) is 4.25. The molecule has 19 heavy (non-hydrogen) atoms. The van der Waals surface area contributed by atoms with Crippen LogP contribution in [0.4, 0.5) is 0 Å². The lowest BCUT2D eigenvalue weighted by molar-refractivity contribution is 0.00578. The maximum atomic E-state index is 6.06. The van der Waals surface area contributed by atoms with Gasteiger partial charge in [0.15, 0.2) is 0 Å². The Morgan fingerprint density at radius 1 is 1.05 bits per heavy atom. The van der Waals surface area contributed by atoms with Gasteiger partial charge in [-0.05, 0) is 57.6 Å². The van der Waals surface area contributed by atoms with Crippen LogP contribution in [0.3, 0.4) is 0 Å². The third kappa shape index (κ3) is 2.17. The number of hydrogen-bond donors (Lipinski definition) is 0. The van der Waals surface area contributed by atoms with Crippen molar-refractivity contribution in [2.45, 2.75) is 51.7 Å². The normalized spacial score (nSPS) is 23.9. The Morgan fingerprint density at radius 2 is 1.74 bits per heavy atom. The SMILES string of the molecule is CC1(C)OB(c2ccc3c(c2)OCCC3)OC1(C)C. The van der Waals surface area contributed by atoms with E-state index in [0.717, 1.165) is 30.7 Å². The number of ether oxygens (including phenoxy) is 1. The average Bonchev–Trinajstić information content (AvgIpc) is 2.58. The van der Waals surface area contributed by atoms with E-state index >= 15 is 0 Å². The van der Waals surface area contributed by atoms with Gasteiger partial charge in [0, 0.05) is 0 Å². The number of hydrogen-bond acceptors (Lipinski definition) is 3. The van der Waals surface area contributed by atoms with Gasteiger partial charge >= 0.3 is 7.12 Å². The highest BCUT2D eigenvalue weighted by atomic mass is 16.7. The fourth-order valence-electron chi connectivity index (χ4n) is 2.48. The van der Waals surface area contributed by atoms with E-state index in [9.17, 15) is 0 Å². The van der Waals surface area contributed by atoms with Crippen molar-refractivity contribution in [3.05, 3.63) is 23.8 Å². The number of fused-ring (bicyclic) bond motifs is 1. The molecule has 0 spiro atoms. The zero-order valence-corrected chi connectivity index (χ0v) is 12.2. The molecule has 0 aliphatic carbocycles. The smallest absolute Gasteiger partial charge is 0.493 e. The first kappa shape index (κ1) is 13.0. The minimum Gasteiger partial charge on any atom is -0.493 e. The molecule has 0 atom stereocenters. The lowest BCUT2D eigenvalue weighted by Gasteiger charge is -2.32. The highest BCUT2D eigenvalue weighted by molar-refractivity contribution is 6.62. The van der Waals surface area contributed by atoms with E-state index in [1.54, 1.807) is 0 Å². The van der Waals surface area contributed by atoms with Crippen molar-refractivity contribution in [1.29, 1.82) is 0 Å². The summed E-state index contributed by atoms with van der Waals surface area (Å²) < 4.78 is 17.8. The largest absolute Gasteiger partial charge is 0.494 e. The average molecular weight is 260 g/mol. The second-order valence-corrected chi connectivity index (χ2v) is 6.41. The highest BCUT2D eigenvalue weighted by Crippen LogP contribution is 2.37. The predicted molar refractivity (Wildman–Crippen MR) is 76.0 cm³/mol. The molecular formula is C15H21BO3. The monoisotopic (exact) mass is 260 g/mol. The Balaban J connectivity index is 1.88. The molecule has 0 unspecified atom stereocenters. The maximum Gasteiger partial charge on any atom is 0.494 e. The summed E-state index contributed by atoms with van der Waals surface area (Å²) in [5.41, 5.74) is 1.73. The van der Waals surface area contributed by atoms with Crippen LogP contribution in [-0.2, 0) is 15.7 Å². The molecule has 3 rings (SSSR count). The zero-order chi connectivity index (χ0) is 13.7. The molecule has 1 saturated heterocycles. The lowest BCUT2D eigenvalue weighted by Crippen LogP contribution is -2.41. The van der Waals surface area contributed by atoms with Gasteiger partial charge in [0.05, 0.1) is 17.8 Å². The fourth-order valence-corrected chi connectivity index (χ4v) is 2.48. The zero-order valence-electron chi connectivity index (χ0n) is 12.2. The molecule has 0 radical (unpaired) electrons. The summed E-state index contributed by atoms with van der Waals surface area (Å²) >= 11 is 0. The van der Waals surface area contributed by atoms with E-state index in [4.69, 9.17) is 14.0 Å². The van der Waals surface area contributed by atoms with Crippen LogP contribution < -0.4 is 10.2 Å². The summed E-state index contributed by atoms with van der Waals surface area (Å²) in [6, 6.07) is 6.29. The van der Waals surface area contributed by atoms with E-state index < -0.39 is 0 Å². The molecule has 0 aromatic heterocycles. The van der Waals surface area contributed by atoms with Crippen LogP contribution >= 0.6 is 0 Å². The van der Waals surface area contributed by atoms with Crippen LogP contribution in [-0.4, -0.2) is 24.9 Å². The van der Waals surface area contributed by atoms with E-state index in [0.29, 0.717) is 0 Å². The minimum absolute atomic E-state index is 0.297. The summed E-state index contributed by atoms with van der Waals surface area (Å²) in [7, 11) is -0.305. The van der Waals surface area contributed by atoms with E-state index in [2.05, 4.69) is 45.9 Å². The maximum absolute atomic E-state index is 6.06. The molecule has 2 aliphatic rings. The van der Waals surface area contributed by atoms with Gasteiger partial charge in [0.1, 0.15) is 5.75 Å². The summed E-state index contributed by atoms with van der Waals surface area (Å²) in [4.78, 5) is 0. The quantitative estimate of drug-likeness (QED) is 0.725. The van der Waals surface area contributed by atoms with Crippen LogP contribution in [0.25, 0.3) is 0 Å². The van der Waals surface area contributed by atoms with Crippen LogP contribution in [0, 0.1) is 0 Å². The predicted octanol–water partition coefficient (Wildman–Crippen LogP) is 2.31. The summed E-state index contributed by atoms with van der Waals surface area (Å²) in [5.74, 6) is 0.985. The highest BCUT2D eigenvalue weighted by Gasteiger charge is 2.51. The van der Waals surface area contributed by atoms with E-state index in [-0.39, 0.29) is 18.3 Å². The molecule has 0 amide bonds. The molecule has 0 N–H and O–H groups in total. The Hall–Kier alpha value is -0.995. The Kier molecular flexibility index (Phi) is 2.91. The van der Waals surface area contributed by atoms with Gasteiger partial charge in [-0.15, -0.1) is 0 Å². The van der Waals surface area contributed by atoms with Crippen molar-refractivity contribution in [3.63, 3.8) is 0 Å². The van der Waals surface area contributed by atoms with Gasteiger partial charge < -0.3 is 14.0 Å². The van der Waals surface area contributed by atoms with Crippen molar-refractivity contribution in [1.82, 2.24) is 0 Å². The summed E-state index contributed by atoms with van der Waals surface area (Å²) in [5, 5.41) is 0. The lowest BCUT2D eigenvalue weighted by atomic mass is 9.78. The third-order valence-corrected chi connectivity index (χ3v) is 4.46. The van der Waals surface area contributed by atoms with Crippen LogP contribution in [0.1, 0.15) is 39.7 Å². The topological polar surface area (TPSA) is 27.7 Å². The van der Waals surface area contributed by atoms with Crippen molar-refractivity contribution < 1.29 is 14.0 Å². The molecule has 1 aromatic carbocycles. The van der Waals surface area contributed by atoms with Crippen molar-refractivity contribution >= 4 is 12.6 Å². The third-order valence-electron chi connectivity index (χ3n) is 4.46. The first-order valence-electron chi connectivity index (χ1n) is 7.00. The van der Waals surface area contributed by atoms with Gasteiger partial charge in [0.25, 0.3) is 0 Å². The second-order valence-electron chi connectivity index (χ2n) is 6.41. The standard InChI is InChI=1S/C15H21BO3/c1-14(2)15(3,4)19-16(18-14)12-8-7-11-6-5-9-17-13(11)10-12/h7-8,10H,5-6,9H2,1-4H3. The van der Waals surface area contributed by atoms with E-state index in [1.807, 2.05) is 0 Å². The molecule has 1 fully saturated rings. The summed E-state index contributed by atoms with van der Waals surface area (Å²) in [6.07, 6.45) is 2.20. The molecule has 102 valence electrons. The van der Waals surface area contributed by atoms with Crippen molar-refractivity contribution in [2.24, 2.45) is 0 Å². The Labute approximate surface area is 115 Å². The van der Waals surface area contributed by atoms with Gasteiger partial charge in [-0.3, -0.25) is 0 Å². The molecule has 3 nitrogen and oxygen atoms in total. The van der Waals surface area contributed by atoms with E-state index in [1.165, 1.54) is 5.56 Å². The van der Waals surface area contributed by atoms with Gasteiger partial charge in [0.2, 0.25) is 0 Å². The van der Waals surface area contributed by atoms with Crippen molar-refractivity contribution in [3.8, 4) is 5.75 Å². The molecule has 0 bridgehead atoms. The van der Waals surface area contributed by atoms with Crippen molar-refractivity contribution in [2.75, 3.05) is 6.61 Å².